The molecule has 2 aromatic carbocycles. The molecule has 10 heteroatoms. The topological polar surface area (TPSA) is 91.8 Å². The fraction of sp³-hybridized carbons (Fsp3) is 0.211. The molecule has 0 atom stereocenters. The zero-order valence-corrected chi connectivity index (χ0v) is 17.3. The molecule has 1 N–H and O–H groups in total. The molecular formula is C19H17Cl2N3O5. The summed E-state index contributed by atoms with van der Waals surface area (Å²) in [5, 5.41) is 3.98. The third kappa shape index (κ3) is 4.55. The fourth-order valence-electron chi connectivity index (χ4n) is 2.67. The molecule has 0 bridgehead atoms. The molecule has 0 radical (unpaired) electrons. The predicted octanol–water partition coefficient (Wildman–Crippen LogP) is 3.98. The molecule has 0 spiro atoms. The molecule has 8 nitrogen and oxygen atoms in total. The van der Waals surface area contributed by atoms with Crippen LogP contribution in [0.1, 0.15) is 0 Å². The molecule has 0 aliphatic heterocycles. The van der Waals surface area contributed by atoms with Crippen LogP contribution in [0.2, 0.25) is 10.0 Å². The van der Waals surface area contributed by atoms with E-state index >= 15 is 0 Å². The Balaban J connectivity index is 1.77. The number of anilines is 1. The number of carbonyl (C=O) groups is 1. The summed E-state index contributed by atoms with van der Waals surface area (Å²) in [6, 6.07) is 6.41. The number of amides is 1. The number of nitrogens with one attached hydrogen (secondary N) is 1. The lowest BCUT2D eigenvalue weighted by atomic mass is 10.2. The van der Waals surface area contributed by atoms with Gasteiger partial charge in [0.2, 0.25) is 11.6 Å². The Labute approximate surface area is 176 Å². The molecule has 0 aliphatic rings. The number of hydrogen-bond acceptors (Lipinski definition) is 7. The van der Waals surface area contributed by atoms with Crippen molar-refractivity contribution in [2.45, 2.75) is 0 Å². The molecular weight excluding hydrogens is 421 g/mol. The van der Waals surface area contributed by atoms with Crippen molar-refractivity contribution in [2.24, 2.45) is 0 Å². The van der Waals surface area contributed by atoms with E-state index in [2.05, 4.69) is 15.3 Å². The van der Waals surface area contributed by atoms with Crippen molar-refractivity contribution in [1.82, 2.24) is 9.97 Å². The summed E-state index contributed by atoms with van der Waals surface area (Å²) in [5.41, 5.74) is 0.929. The number of ether oxygens (including phenoxy) is 4. The minimum absolute atomic E-state index is 0.194. The van der Waals surface area contributed by atoms with Gasteiger partial charge in [-0.25, -0.2) is 9.97 Å². The molecule has 0 unspecified atom stereocenters. The van der Waals surface area contributed by atoms with Crippen LogP contribution >= 0.6 is 23.2 Å². The first kappa shape index (κ1) is 20.8. The molecule has 152 valence electrons. The Hall–Kier alpha value is -2.97. The zero-order chi connectivity index (χ0) is 21.0. The largest absolute Gasteiger partial charge is 0.493 e. The standard InChI is InChI=1S/C19H17Cl2N3O5/c1-26-14-6-11(7-15(27-2)18(14)28-3)24-16(25)8-29-19-12-4-10(20)5-13(21)17(12)22-9-23-19/h4-7,9H,8H2,1-3H3,(H,24,25). The summed E-state index contributed by atoms with van der Waals surface area (Å²) in [6.07, 6.45) is 1.30. The maximum Gasteiger partial charge on any atom is 0.262 e. The van der Waals surface area contributed by atoms with Gasteiger partial charge in [0.25, 0.3) is 5.91 Å². The summed E-state index contributed by atoms with van der Waals surface area (Å²) in [4.78, 5) is 20.5. The number of benzene rings is 2. The van der Waals surface area contributed by atoms with Crippen molar-refractivity contribution in [1.29, 1.82) is 0 Å². The van der Waals surface area contributed by atoms with Crippen LogP contribution in [0.4, 0.5) is 5.69 Å². The number of carbonyl (C=O) groups excluding carboxylic acids is 1. The van der Waals surface area contributed by atoms with E-state index in [9.17, 15) is 4.79 Å². The smallest absolute Gasteiger partial charge is 0.262 e. The van der Waals surface area contributed by atoms with E-state index < -0.39 is 5.91 Å². The SMILES string of the molecule is COc1cc(NC(=O)COc2ncnc3c(Cl)cc(Cl)cc23)cc(OC)c1OC. The van der Waals surface area contributed by atoms with E-state index in [4.69, 9.17) is 42.1 Å². The average molecular weight is 438 g/mol. The first-order chi connectivity index (χ1) is 14.0. The zero-order valence-electron chi connectivity index (χ0n) is 15.8. The van der Waals surface area contributed by atoms with Crippen molar-refractivity contribution in [2.75, 3.05) is 33.3 Å². The molecule has 0 saturated carbocycles. The third-order valence-electron chi connectivity index (χ3n) is 3.91. The minimum Gasteiger partial charge on any atom is -0.493 e. The summed E-state index contributed by atoms with van der Waals surface area (Å²) >= 11 is 12.2. The first-order valence-electron chi connectivity index (χ1n) is 8.29. The predicted molar refractivity (Wildman–Crippen MR) is 110 cm³/mol. The summed E-state index contributed by atoms with van der Waals surface area (Å²) in [7, 11) is 4.47. The Kier molecular flexibility index (Phi) is 6.46. The van der Waals surface area contributed by atoms with Crippen molar-refractivity contribution >= 4 is 45.7 Å². The molecule has 0 aliphatic carbocycles. The van der Waals surface area contributed by atoms with Crippen molar-refractivity contribution < 1.29 is 23.7 Å². The van der Waals surface area contributed by atoms with Gasteiger partial charge in [-0.3, -0.25) is 4.79 Å². The maximum atomic E-state index is 12.4. The molecule has 0 fully saturated rings. The molecule has 1 aromatic heterocycles. The second-order valence-corrected chi connectivity index (χ2v) is 6.56. The van der Waals surface area contributed by atoms with Crippen LogP contribution in [0.15, 0.2) is 30.6 Å². The number of halogens is 2. The fourth-order valence-corrected chi connectivity index (χ4v) is 3.21. The lowest BCUT2D eigenvalue weighted by Gasteiger charge is -2.15. The molecule has 3 aromatic rings. The van der Waals surface area contributed by atoms with Crippen LogP contribution in [-0.4, -0.2) is 43.8 Å². The quantitative estimate of drug-likeness (QED) is 0.597. The van der Waals surface area contributed by atoms with E-state index in [1.54, 1.807) is 24.3 Å². The summed E-state index contributed by atoms with van der Waals surface area (Å²) < 4.78 is 21.4. The van der Waals surface area contributed by atoms with E-state index in [0.717, 1.165) is 0 Å². The van der Waals surface area contributed by atoms with E-state index in [1.807, 2.05) is 0 Å². The van der Waals surface area contributed by atoms with Gasteiger partial charge < -0.3 is 24.3 Å². The highest BCUT2D eigenvalue weighted by Crippen LogP contribution is 2.40. The number of hydrogen-bond donors (Lipinski definition) is 1. The van der Waals surface area contributed by atoms with Crippen molar-refractivity contribution in [3.63, 3.8) is 0 Å². The number of aromatic nitrogens is 2. The number of nitrogens with zero attached hydrogens (tertiary/aromatic N) is 2. The van der Waals surface area contributed by atoms with E-state index in [0.29, 0.717) is 43.9 Å². The molecule has 0 saturated heterocycles. The van der Waals surface area contributed by atoms with Gasteiger partial charge in [-0.05, 0) is 12.1 Å². The molecule has 29 heavy (non-hydrogen) atoms. The molecule has 3 rings (SSSR count). The van der Waals surface area contributed by atoms with Gasteiger partial charge in [-0.2, -0.15) is 0 Å². The third-order valence-corrected chi connectivity index (χ3v) is 4.42. The van der Waals surface area contributed by atoms with Gasteiger partial charge >= 0.3 is 0 Å². The van der Waals surface area contributed by atoms with Crippen LogP contribution in [0.3, 0.4) is 0 Å². The van der Waals surface area contributed by atoms with Gasteiger partial charge in [0, 0.05) is 22.8 Å². The molecule has 1 amide bonds. The highest BCUT2D eigenvalue weighted by atomic mass is 35.5. The number of methoxy groups -OCH3 is 3. The Morgan fingerprint density at radius 3 is 2.31 bits per heavy atom. The monoisotopic (exact) mass is 437 g/mol. The average Bonchev–Trinajstić information content (AvgIpc) is 2.71. The second-order valence-electron chi connectivity index (χ2n) is 5.71. The van der Waals surface area contributed by atoms with Gasteiger partial charge in [0.15, 0.2) is 18.1 Å². The van der Waals surface area contributed by atoms with Crippen LogP contribution in [-0.2, 0) is 4.79 Å². The van der Waals surface area contributed by atoms with Crippen LogP contribution in [0.5, 0.6) is 23.1 Å². The van der Waals surface area contributed by atoms with Crippen LogP contribution in [0, 0.1) is 0 Å². The second kappa shape index (κ2) is 9.02. The van der Waals surface area contributed by atoms with E-state index in [1.165, 1.54) is 27.7 Å². The van der Waals surface area contributed by atoms with Crippen molar-refractivity contribution in [3.8, 4) is 23.1 Å². The first-order valence-corrected chi connectivity index (χ1v) is 9.04. The van der Waals surface area contributed by atoms with E-state index in [-0.39, 0.29) is 12.5 Å². The Bertz CT molecular complexity index is 1040. The highest BCUT2D eigenvalue weighted by molar-refractivity contribution is 6.38. The lowest BCUT2D eigenvalue weighted by Crippen LogP contribution is -2.20. The Morgan fingerprint density at radius 1 is 1.00 bits per heavy atom. The van der Waals surface area contributed by atoms with Gasteiger partial charge in [0.05, 0.1) is 37.3 Å². The summed E-state index contributed by atoms with van der Waals surface area (Å²) in [5.74, 6) is 1.02. The number of fused-ring (bicyclic) bond motifs is 1. The van der Waals surface area contributed by atoms with Crippen molar-refractivity contribution in [3.05, 3.63) is 40.6 Å². The maximum absolute atomic E-state index is 12.4. The summed E-state index contributed by atoms with van der Waals surface area (Å²) in [6.45, 7) is -0.299. The van der Waals surface area contributed by atoms with Crippen LogP contribution < -0.4 is 24.3 Å². The van der Waals surface area contributed by atoms with Crippen LogP contribution in [0.25, 0.3) is 10.9 Å². The number of rotatable bonds is 7. The van der Waals surface area contributed by atoms with Gasteiger partial charge in [-0.1, -0.05) is 23.2 Å². The van der Waals surface area contributed by atoms with Gasteiger partial charge in [-0.15, -0.1) is 0 Å². The lowest BCUT2D eigenvalue weighted by molar-refractivity contribution is -0.118. The Morgan fingerprint density at radius 2 is 1.69 bits per heavy atom. The van der Waals surface area contributed by atoms with Gasteiger partial charge in [0.1, 0.15) is 6.33 Å². The normalized spacial score (nSPS) is 10.5. The highest BCUT2D eigenvalue weighted by Gasteiger charge is 2.16. The molecule has 1 heterocycles. The minimum atomic E-state index is -0.417.